The van der Waals surface area contributed by atoms with Crippen molar-refractivity contribution in [1.82, 2.24) is 5.32 Å². The molecule has 1 aromatic heterocycles. The number of methoxy groups -OCH3 is 1. The highest BCUT2D eigenvalue weighted by atomic mass is 19.1. The number of nitrogens with one attached hydrogen (secondary N) is 1. The normalized spacial score (nSPS) is 10.6. The number of benzene rings is 2. The molecule has 0 aliphatic rings. The molecule has 1 N–H and O–H groups in total. The molecule has 0 aliphatic heterocycles. The van der Waals surface area contributed by atoms with Crippen LogP contribution in [0.3, 0.4) is 0 Å². The van der Waals surface area contributed by atoms with E-state index in [1.807, 2.05) is 30.3 Å². The Hall–Kier alpha value is -2.79. The first-order valence-corrected chi connectivity index (χ1v) is 8.03. The summed E-state index contributed by atoms with van der Waals surface area (Å²) in [4.78, 5) is 0. The minimum atomic E-state index is -0.283. The Morgan fingerprint density at radius 1 is 0.960 bits per heavy atom. The lowest BCUT2D eigenvalue weighted by Crippen LogP contribution is -2.13. The van der Waals surface area contributed by atoms with Crippen molar-refractivity contribution in [3.8, 4) is 11.5 Å². The van der Waals surface area contributed by atoms with E-state index in [0.717, 1.165) is 11.3 Å². The fraction of sp³-hybridized carbons (Fsp3) is 0.200. The van der Waals surface area contributed by atoms with Crippen LogP contribution in [0.2, 0.25) is 0 Å². The topological polar surface area (TPSA) is 43.6 Å². The molecule has 25 heavy (non-hydrogen) atoms. The Morgan fingerprint density at radius 3 is 2.56 bits per heavy atom. The van der Waals surface area contributed by atoms with E-state index < -0.39 is 0 Å². The van der Waals surface area contributed by atoms with Crippen LogP contribution in [-0.4, -0.2) is 7.11 Å². The van der Waals surface area contributed by atoms with Crippen LogP contribution in [0.5, 0.6) is 11.5 Å². The second-order valence-corrected chi connectivity index (χ2v) is 5.51. The van der Waals surface area contributed by atoms with E-state index in [-0.39, 0.29) is 12.4 Å². The number of hydrogen-bond acceptors (Lipinski definition) is 4. The summed E-state index contributed by atoms with van der Waals surface area (Å²) in [6.45, 7) is 1.32. The van der Waals surface area contributed by atoms with Crippen molar-refractivity contribution < 1.29 is 18.3 Å². The van der Waals surface area contributed by atoms with Crippen molar-refractivity contribution in [1.29, 1.82) is 0 Å². The standard InChI is InChI=1S/C20H20FNO3/c1-23-19-10-4-7-15(12-22-13-17-8-5-11-24-17)20(19)25-14-16-6-2-3-9-18(16)21/h2-11,22H,12-14H2,1H3. The number of para-hydroxylation sites is 1. The van der Waals surface area contributed by atoms with Crippen molar-refractivity contribution in [3.05, 3.63) is 83.6 Å². The molecule has 0 atom stereocenters. The fourth-order valence-electron chi connectivity index (χ4n) is 2.52. The highest BCUT2D eigenvalue weighted by Gasteiger charge is 2.12. The van der Waals surface area contributed by atoms with Gasteiger partial charge in [0.05, 0.1) is 19.9 Å². The Labute approximate surface area is 146 Å². The van der Waals surface area contributed by atoms with Gasteiger partial charge in [0.15, 0.2) is 11.5 Å². The second-order valence-electron chi connectivity index (χ2n) is 5.51. The maximum atomic E-state index is 13.8. The van der Waals surface area contributed by atoms with Crippen LogP contribution in [0.1, 0.15) is 16.9 Å². The number of halogens is 1. The lowest BCUT2D eigenvalue weighted by Gasteiger charge is -2.15. The molecule has 0 saturated carbocycles. The molecule has 1 heterocycles. The van der Waals surface area contributed by atoms with Crippen LogP contribution in [-0.2, 0) is 19.7 Å². The van der Waals surface area contributed by atoms with Crippen molar-refractivity contribution >= 4 is 0 Å². The molecule has 3 rings (SSSR count). The van der Waals surface area contributed by atoms with E-state index in [4.69, 9.17) is 13.9 Å². The maximum absolute atomic E-state index is 13.8. The largest absolute Gasteiger partial charge is 0.493 e. The van der Waals surface area contributed by atoms with E-state index in [2.05, 4.69) is 5.32 Å². The first-order valence-electron chi connectivity index (χ1n) is 8.03. The van der Waals surface area contributed by atoms with E-state index in [1.54, 1.807) is 31.6 Å². The Bertz CT molecular complexity index is 802. The molecule has 0 unspecified atom stereocenters. The van der Waals surface area contributed by atoms with E-state index in [1.165, 1.54) is 6.07 Å². The van der Waals surface area contributed by atoms with Crippen molar-refractivity contribution in [2.75, 3.05) is 7.11 Å². The molecule has 0 aliphatic carbocycles. The van der Waals surface area contributed by atoms with Gasteiger partial charge in [-0.2, -0.15) is 0 Å². The molecule has 0 saturated heterocycles. The van der Waals surface area contributed by atoms with Crippen LogP contribution in [0, 0.1) is 5.82 Å². The van der Waals surface area contributed by atoms with Crippen LogP contribution in [0.15, 0.2) is 65.3 Å². The van der Waals surface area contributed by atoms with Gasteiger partial charge in [-0.1, -0.05) is 30.3 Å². The van der Waals surface area contributed by atoms with Gasteiger partial charge >= 0.3 is 0 Å². The zero-order chi connectivity index (χ0) is 17.5. The smallest absolute Gasteiger partial charge is 0.166 e. The molecule has 0 radical (unpaired) electrons. The van der Waals surface area contributed by atoms with Gasteiger partial charge in [-0.05, 0) is 24.3 Å². The summed E-state index contributed by atoms with van der Waals surface area (Å²) >= 11 is 0. The van der Waals surface area contributed by atoms with Gasteiger partial charge in [0.25, 0.3) is 0 Å². The predicted octanol–water partition coefficient (Wildman–Crippen LogP) is 4.30. The molecule has 0 fully saturated rings. The average Bonchev–Trinajstić information content (AvgIpc) is 3.15. The van der Waals surface area contributed by atoms with Crippen molar-refractivity contribution in [2.45, 2.75) is 19.7 Å². The highest BCUT2D eigenvalue weighted by Crippen LogP contribution is 2.32. The summed E-state index contributed by atoms with van der Waals surface area (Å²) in [5.74, 6) is 1.81. The molecule has 3 aromatic rings. The van der Waals surface area contributed by atoms with Gasteiger partial charge in [-0.25, -0.2) is 4.39 Å². The third-order valence-corrected chi connectivity index (χ3v) is 3.80. The minimum Gasteiger partial charge on any atom is -0.493 e. The van der Waals surface area contributed by atoms with Crippen LogP contribution < -0.4 is 14.8 Å². The van der Waals surface area contributed by atoms with Gasteiger partial charge in [-0.3, -0.25) is 0 Å². The van der Waals surface area contributed by atoms with Gasteiger partial charge in [0, 0.05) is 17.7 Å². The molecule has 4 nitrogen and oxygen atoms in total. The summed E-state index contributed by atoms with van der Waals surface area (Å²) in [6, 6.07) is 16.0. The molecule has 2 aromatic carbocycles. The first-order chi connectivity index (χ1) is 12.3. The third kappa shape index (κ3) is 4.39. The van der Waals surface area contributed by atoms with Gasteiger partial charge in [-0.15, -0.1) is 0 Å². The van der Waals surface area contributed by atoms with Crippen molar-refractivity contribution in [3.63, 3.8) is 0 Å². The molecular weight excluding hydrogens is 321 g/mol. The molecular formula is C20H20FNO3. The lowest BCUT2D eigenvalue weighted by atomic mass is 10.1. The fourth-order valence-corrected chi connectivity index (χ4v) is 2.52. The van der Waals surface area contributed by atoms with Crippen LogP contribution in [0.4, 0.5) is 4.39 Å². The van der Waals surface area contributed by atoms with Gasteiger partial charge in [0.1, 0.15) is 18.2 Å². The van der Waals surface area contributed by atoms with Crippen LogP contribution >= 0.6 is 0 Å². The summed E-state index contributed by atoms with van der Waals surface area (Å²) < 4.78 is 30.4. The second kappa shape index (κ2) is 8.35. The Balaban J connectivity index is 1.71. The number of hydrogen-bond donors (Lipinski definition) is 1. The summed E-state index contributed by atoms with van der Waals surface area (Å²) in [6.07, 6.45) is 1.64. The molecule has 0 amide bonds. The Morgan fingerprint density at radius 2 is 1.80 bits per heavy atom. The van der Waals surface area contributed by atoms with Gasteiger partial charge < -0.3 is 19.2 Å². The Kier molecular flexibility index (Phi) is 5.69. The third-order valence-electron chi connectivity index (χ3n) is 3.80. The average molecular weight is 341 g/mol. The molecule has 0 bridgehead atoms. The summed E-state index contributed by atoms with van der Waals surface area (Å²) in [5, 5.41) is 3.30. The summed E-state index contributed by atoms with van der Waals surface area (Å²) in [5.41, 5.74) is 1.44. The monoisotopic (exact) mass is 341 g/mol. The summed E-state index contributed by atoms with van der Waals surface area (Å²) in [7, 11) is 1.59. The van der Waals surface area contributed by atoms with E-state index >= 15 is 0 Å². The predicted molar refractivity (Wildman–Crippen MR) is 93.0 cm³/mol. The molecule has 0 spiro atoms. The molecule has 130 valence electrons. The minimum absolute atomic E-state index is 0.137. The van der Waals surface area contributed by atoms with E-state index in [0.29, 0.717) is 30.2 Å². The van der Waals surface area contributed by atoms with E-state index in [9.17, 15) is 4.39 Å². The lowest BCUT2D eigenvalue weighted by molar-refractivity contribution is 0.276. The zero-order valence-electron chi connectivity index (χ0n) is 14.0. The number of rotatable bonds is 8. The SMILES string of the molecule is COc1cccc(CNCc2ccco2)c1OCc1ccccc1F. The first kappa shape index (κ1) is 17.0. The van der Waals surface area contributed by atoms with Gasteiger partial charge in [0.2, 0.25) is 0 Å². The maximum Gasteiger partial charge on any atom is 0.166 e. The highest BCUT2D eigenvalue weighted by molar-refractivity contribution is 5.46. The van der Waals surface area contributed by atoms with Crippen molar-refractivity contribution in [2.24, 2.45) is 0 Å². The quantitative estimate of drug-likeness (QED) is 0.663. The zero-order valence-corrected chi connectivity index (χ0v) is 14.0. The number of furan rings is 1. The van der Waals surface area contributed by atoms with Crippen LogP contribution in [0.25, 0.3) is 0 Å². The molecule has 5 heteroatoms. The number of ether oxygens (including phenoxy) is 2.